The van der Waals surface area contributed by atoms with Gasteiger partial charge in [-0.1, -0.05) is 0 Å². The molecular weight excluding hydrogens is 262 g/mol. The summed E-state index contributed by atoms with van der Waals surface area (Å²) in [5.74, 6) is -1.82. The van der Waals surface area contributed by atoms with Gasteiger partial charge in [-0.3, -0.25) is 0 Å². The molecule has 0 aliphatic rings. The minimum atomic E-state index is -4.02. The summed E-state index contributed by atoms with van der Waals surface area (Å²) in [6, 6.07) is 2.09. The Balaban J connectivity index is 3.03. The van der Waals surface area contributed by atoms with Crippen LogP contribution in [0.5, 0.6) is 0 Å². The average molecular weight is 277 g/mol. The molecule has 8 heteroatoms. The normalized spacial score (nSPS) is 14.4. The number of rotatable bonds is 5. The molecule has 1 rings (SSSR count). The molecule has 102 valence electrons. The van der Waals surface area contributed by atoms with Crippen LogP contribution in [0.4, 0.5) is 0 Å². The van der Waals surface area contributed by atoms with Gasteiger partial charge in [0.15, 0.2) is 0 Å². The van der Waals surface area contributed by atoms with E-state index in [-0.39, 0.29) is 0 Å². The smallest absolute Gasteiger partial charge is 0.371 e. The van der Waals surface area contributed by atoms with E-state index in [1.807, 2.05) is 0 Å². The highest BCUT2D eigenvalue weighted by atomic mass is 32.2. The van der Waals surface area contributed by atoms with E-state index in [0.29, 0.717) is 0 Å². The molecule has 0 aromatic carbocycles. The standard InChI is InChI=1S/C10H15NO6S/c1-6(12)10(2,3)11-18(15,16)8-5-4-7(17-8)9(13)14/h4-6,11-12H,1-3H3,(H,13,14). The van der Waals surface area contributed by atoms with E-state index in [2.05, 4.69) is 4.72 Å². The zero-order valence-electron chi connectivity index (χ0n) is 10.2. The van der Waals surface area contributed by atoms with Gasteiger partial charge in [0.25, 0.3) is 10.0 Å². The van der Waals surface area contributed by atoms with Gasteiger partial charge in [0.05, 0.1) is 11.6 Å². The van der Waals surface area contributed by atoms with Crippen molar-refractivity contribution in [3.05, 3.63) is 17.9 Å². The van der Waals surface area contributed by atoms with Crippen molar-refractivity contribution in [3.63, 3.8) is 0 Å². The molecule has 18 heavy (non-hydrogen) atoms. The second kappa shape index (κ2) is 4.71. The largest absolute Gasteiger partial charge is 0.475 e. The molecule has 7 nitrogen and oxygen atoms in total. The Hall–Kier alpha value is -1.38. The van der Waals surface area contributed by atoms with E-state index >= 15 is 0 Å². The molecule has 0 amide bonds. The van der Waals surface area contributed by atoms with Crippen LogP contribution in [0.3, 0.4) is 0 Å². The van der Waals surface area contributed by atoms with E-state index in [4.69, 9.17) is 9.52 Å². The van der Waals surface area contributed by atoms with Gasteiger partial charge in [-0.05, 0) is 32.9 Å². The van der Waals surface area contributed by atoms with E-state index in [9.17, 15) is 18.3 Å². The van der Waals surface area contributed by atoms with Crippen molar-refractivity contribution >= 4 is 16.0 Å². The maximum atomic E-state index is 11.9. The summed E-state index contributed by atoms with van der Waals surface area (Å²) in [6.45, 7) is 4.43. The summed E-state index contributed by atoms with van der Waals surface area (Å²) in [5.41, 5.74) is -1.10. The van der Waals surface area contributed by atoms with Crippen molar-refractivity contribution in [2.24, 2.45) is 0 Å². The quantitative estimate of drug-likeness (QED) is 0.718. The molecule has 3 N–H and O–H groups in total. The SMILES string of the molecule is CC(O)C(C)(C)NS(=O)(=O)c1ccc(C(=O)O)o1. The lowest BCUT2D eigenvalue weighted by molar-refractivity contribution is 0.0656. The summed E-state index contributed by atoms with van der Waals surface area (Å²) in [7, 11) is -4.02. The van der Waals surface area contributed by atoms with Gasteiger partial charge < -0.3 is 14.6 Å². The van der Waals surface area contributed by atoms with E-state index in [1.54, 1.807) is 0 Å². The fourth-order valence-corrected chi connectivity index (χ4v) is 2.47. The number of hydrogen-bond donors (Lipinski definition) is 3. The molecule has 0 radical (unpaired) electrons. The fourth-order valence-electron chi connectivity index (χ4n) is 1.06. The first-order valence-electron chi connectivity index (χ1n) is 5.11. The zero-order chi connectivity index (χ0) is 14.1. The zero-order valence-corrected chi connectivity index (χ0v) is 11.0. The number of aromatic carboxylic acids is 1. The maximum absolute atomic E-state index is 11.9. The third-order valence-electron chi connectivity index (χ3n) is 2.50. The first-order valence-corrected chi connectivity index (χ1v) is 6.60. The molecule has 0 aliphatic heterocycles. The summed E-state index contributed by atoms with van der Waals surface area (Å²) in [4.78, 5) is 10.6. The number of carboxylic acids is 1. The van der Waals surface area contributed by atoms with Gasteiger partial charge in [0.2, 0.25) is 10.9 Å². The predicted octanol–water partition coefficient (Wildman–Crippen LogP) is 0.415. The average Bonchev–Trinajstić information content (AvgIpc) is 2.64. The summed E-state index contributed by atoms with van der Waals surface area (Å²) in [5, 5.41) is 17.6. The lowest BCUT2D eigenvalue weighted by atomic mass is 10.0. The highest BCUT2D eigenvalue weighted by Gasteiger charge is 2.32. The third-order valence-corrected chi connectivity index (χ3v) is 4.04. The summed E-state index contributed by atoms with van der Waals surface area (Å²) in [6.07, 6.45) is -0.929. The molecular formula is C10H15NO6S. The van der Waals surface area contributed by atoms with Gasteiger partial charge in [0, 0.05) is 0 Å². The number of aliphatic hydroxyl groups is 1. The van der Waals surface area contributed by atoms with Crippen LogP contribution >= 0.6 is 0 Å². The topological polar surface area (TPSA) is 117 Å². The molecule has 0 fully saturated rings. The Morgan fingerprint density at radius 2 is 2.00 bits per heavy atom. The molecule has 1 heterocycles. The predicted molar refractivity (Wildman–Crippen MR) is 61.7 cm³/mol. The number of nitrogens with one attached hydrogen (secondary N) is 1. The molecule has 0 saturated heterocycles. The van der Waals surface area contributed by atoms with Crippen molar-refractivity contribution in [2.75, 3.05) is 0 Å². The number of furan rings is 1. The van der Waals surface area contributed by atoms with E-state index < -0.39 is 38.5 Å². The monoisotopic (exact) mass is 277 g/mol. The first kappa shape index (κ1) is 14.7. The number of carbonyl (C=O) groups is 1. The fraction of sp³-hybridized carbons (Fsp3) is 0.500. The van der Waals surface area contributed by atoms with Gasteiger partial charge in [0.1, 0.15) is 0 Å². The van der Waals surface area contributed by atoms with E-state index in [1.165, 1.54) is 20.8 Å². The van der Waals surface area contributed by atoms with Crippen molar-refractivity contribution in [1.82, 2.24) is 4.72 Å². The van der Waals surface area contributed by atoms with Crippen LogP contribution in [0, 0.1) is 0 Å². The van der Waals surface area contributed by atoms with Gasteiger partial charge in [-0.2, -0.15) is 0 Å². The Kier molecular flexibility index (Phi) is 3.84. The number of hydrogen-bond acceptors (Lipinski definition) is 5. The summed E-state index contributed by atoms with van der Waals surface area (Å²) >= 11 is 0. The number of sulfonamides is 1. The molecule has 1 unspecified atom stereocenters. The Morgan fingerprint density at radius 3 is 2.39 bits per heavy atom. The second-order valence-corrected chi connectivity index (χ2v) is 6.04. The van der Waals surface area contributed by atoms with Crippen LogP contribution in [-0.4, -0.2) is 36.2 Å². The molecule has 0 bridgehead atoms. The van der Waals surface area contributed by atoms with Crippen molar-refractivity contribution < 1.29 is 27.8 Å². The molecule has 0 aliphatic carbocycles. The molecule has 0 spiro atoms. The van der Waals surface area contributed by atoms with Crippen LogP contribution in [0.15, 0.2) is 21.6 Å². The molecule has 1 aromatic heterocycles. The van der Waals surface area contributed by atoms with Gasteiger partial charge in [-0.25, -0.2) is 17.9 Å². The van der Waals surface area contributed by atoms with Gasteiger partial charge in [-0.15, -0.1) is 0 Å². The number of aliphatic hydroxyl groups excluding tert-OH is 1. The minimum Gasteiger partial charge on any atom is -0.475 e. The second-order valence-electron chi connectivity index (χ2n) is 4.43. The Labute approximate surface area is 104 Å². The Morgan fingerprint density at radius 1 is 1.44 bits per heavy atom. The molecule has 1 aromatic rings. The first-order chi connectivity index (χ1) is 8.06. The molecule has 0 saturated carbocycles. The van der Waals surface area contributed by atoms with Gasteiger partial charge >= 0.3 is 5.97 Å². The number of carboxylic acid groups (broad SMARTS) is 1. The Bertz CT molecular complexity index is 542. The minimum absolute atomic E-state index is 0.467. The van der Waals surface area contributed by atoms with Crippen LogP contribution in [0.2, 0.25) is 0 Å². The highest BCUT2D eigenvalue weighted by Crippen LogP contribution is 2.18. The highest BCUT2D eigenvalue weighted by molar-refractivity contribution is 7.89. The van der Waals surface area contributed by atoms with E-state index in [0.717, 1.165) is 12.1 Å². The van der Waals surface area contributed by atoms with Crippen LogP contribution < -0.4 is 4.72 Å². The molecule has 1 atom stereocenters. The lowest BCUT2D eigenvalue weighted by Gasteiger charge is -2.28. The van der Waals surface area contributed by atoms with Crippen LogP contribution in [0.1, 0.15) is 31.3 Å². The summed E-state index contributed by atoms with van der Waals surface area (Å²) < 4.78 is 30.7. The third kappa shape index (κ3) is 3.09. The van der Waals surface area contributed by atoms with Crippen LogP contribution in [0.25, 0.3) is 0 Å². The lowest BCUT2D eigenvalue weighted by Crippen LogP contribution is -2.50. The van der Waals surface area contributed by atoms with Crippen molar-refractivity contribution in [2.45, 2.75) is 37.5 Å². The maximum Gasteiger partial charge on any atom is 0.371 e. The van der Waals surface area contributed by atoms with Crippen molar-refractivity contribution in [3.8, 4) is 0 Å². The van der Waals surface area contributed by atoms with Crippen molar-refractivity contribution in [1.29, 1.82) is 0 Å². The van der Waals surface area contributed by atoms with Crippen LogP contribution in [-0.2, 0) is 10.0 Å².